The average molecular weight is 305 g/mol. The van der Waals surface area contributed by atoms with Crippen LogP contribution in [-0.4, -0.2) is 41.2 Å². The summed E-state index contributed by atoms with van der Waals surface area (Å²) < 4.78 is 0. The maximum Gasteiger partial charge on any atom is 0.267 e. The Labute approximate surface area is 131 Å². The molecule has 1 aromatic rings. The van der Waals surface area contributed by atoms with Gasteiger partial charge in [-0.05, 0) is 69.2 Å². The van der Waals surface area contributed by atoms with Crippen molar-refractivity contribution >= 4 is 5.91 Å². The molecule has 5 nitrogen and oxygen atoms in total. The lowest BCUT2D eigenvalue weighted by Gasteiger charge is -2.43. The minimum Gasteiger partial charge on any atom is -0.393 e. The fourth-order valence-electron chi connectivity index (χ4n) is 3.76. The molecule has 5 heteroatoms. The largest absolute Gasteiger partial charge is 0.393 e. The first-order valence-corrected chi connectivity index (χ1v) is 8.55. The van der Waals surface area contributed by atoms with Gasteiger partial charge in [0.1, 0.15) is 5.69 Å². The van der Waals surface area contributed by atoms with Crippen molar-refractivity contribution in [1.82, 2.24) is 15.6 Å². The van der Waals surface area contributed by atoms with E-state index in [1.54, 1.807) is 0 Å². The summed E-state index contributed by atoms with van der Waals surface area (Å²) in [6.07, 6.45) is 4.56. The van der Waals surface area contributed by atoms with Gasteiger partial charge < -0.3 is 20.7 Å². The van der Waals surface area contributed by atoms with Crippen LogP contribution in [0.5, 0.6) is 0 Å². The third-order valence-electron chi connectivity index (χ3n) is 5.22. The number of aromatic amines is 1. The van der Waals surface area contributed by atoms with E-state index in [1.807, 2.05) is 12.1 Å². The number of piperidine rings is 1. The first kappa shape index (κ1) is 15.6. The van der Waals surface area contributed by atoms with Gasteiger partial charge in [-0.2, -0.15) is 0 Å². The Morgan fingerprint density at radius 3 is 2.64 bits per heavy atom. The van der Waals surface area contributed by atoms with Gasteiger partial charge in [0.05, 0.1) is 6.10 Å². The van der Waals surface area contributed by atoms with Gasteiger partial charge in [-0.25, -0.2) is 0 Å². The van der Waals surface area contributed by atoms with Crippen LogP contribution in [-0.2, 0) is 6.42 Å². The van der Waals surface area contributed by atoms with Gasteiger partial charge >= 0.3 is 0 Å². The third kappa shape index (κ3) is 3.36. The lowest BCUT2D eigenvalue weighted by Crippen LogP contribution is -2.52. The van der Waals surface area contributed by atoms with Crippen LogP contribution in [0.1, 0.15) is 48.8 Å². The van der Waals surface area contributed by atoms with E-state index in [-0.39, 0.29) is 18.1 Å². The molecule has 1 atom stereocenters. The second-order valence-corrected chi connectivity index (χ2v) is 6.72. The molecule has 1 aliphatic carbocycles. The number of H-pyrrole nitrogens is 1. The predicted molar refractivity (Wildman–Crippen MR) is 85.7 cm³/mol. The Morgan fingerprint density at radius 1 is 1.32 bits per heavy atom. The second-order valence-electron chi connectivity index (χ2n) is 6.72. The maximum atomic E-state index is 12.5. The van der Waals surface area contributed by atoms with Crippen molar-refractivity contribution in [2.24, 2.45) is 11.8 Å². The molecule has 0 aromatic carbocycles. The molecule has 22 heavy (non-hydrogen) atoms. The van der Waals surface area contributed by atoms with E-state index in [0.717, 1.165) is 50.9 Å². The number of carbonyl (C=O) groups excluding carboxylic acids is 1. The van der Waals surface area contributed by atoms with Gasteiger partial charge in [-0.1, -0.05) is 6.92 Å². The number of aliphatic hydroxyl groups is 1. The molecule has 1 saturated carbocycles. The monoisotopic (exact) mass is 305 g/mol. The van der Waals surface area contributed by atoms with Crippen LogP contribution in [0.25, 0.3) is 0 Å². The summed E-state index contributed by atoms with van der Waals surface area (Å²) in [6, 6.07) is 4.02. The van der Waals surface area contributed by atoms with E-state index in [0.29, 0.717) is 17.5 Å². The average Bonchev–Trinajstić information content (AvgIpc) is 3.00. The molecule has 1 aromatic heterocycles. The molecule has 1 amide bonds. The van der Waals surface area contributed by atoms with E-state index in [4.69, 9.17) is 0 Å². The number of aryl methyl sites for hydroxylation is 1. The van der Waals surface area contributed by atoms with Gasteiger partial charge in [-0.3, -0.25) is 4.79 Å². The summed E-state index contributed by atoms with van der Waals surface area (Å²) in [6.45, 7) is 4.12. The highest BCUT2D eigenvalue weighted by Gasteiger charge is 2.39. The molecule has 0 unspecified atom stereocenters. The molecule has 1 saturated heterocycles. The Balaban J connectivity index is 1.67. The fourth-order valence-corrected chi connectivity index (χ4v) is 3.76. The number of carbonyl (C=O) groups is 1. The predicted octanol–water partition coefficient (Wildman–Crippen LogP) is 1.45. The van der Waals surface area contributed by atoms with Gasteiger partial charge in [0.25, 0.3) is 5.91 Å². The highest BCUT2D eigenvalue weighted by atomic mass is 16.3. The highest BCUT2D eigenvalue weighted by Crippen LogP contribution is 2.35. The molecular weight excluding hydrogens is 278 g/mol. The van der Waals surface area contributed by atoms with Gasteiger partial charge in [0.15, 0.2) is 0 Å². The number of aromatic nitrogens is 1. The molecule has 2 fully saturated rings. The van der Waals surface area contributed by atoms with Gasteiger partial charge in [-0.15, -0.1) is 0 Å². The Kier molecular flexibility index (Phi) is 4.84. The summed E-state index contributed by atoms with van der Waals surface area (Å²) in [5.41, 5.74) is 1.73. The van der Waals surface area contributed by atoms with E-state index in [2.05, 4.69) is 22.5 Å². The summed E-state index contributed by atoms with van der Waals surface area (Å²) in [7, 11) is 0. The molecule has 2 aliphatic rings. The molecule has 4 N–H and O–H groups in total. The summed E-state index contributed by atoms with van der Waals surface area (Å²) >= 11 is 0. The van der Waals surface area contributed by atoms with Gasteiger partial charge in [0.2, 0.25) is 0 Å². The molecule has 3 rings (SSSR count). The molecule has 0 bridgehead atoms. The SMILES string of the molecule is CCc1ccc(C(=O)N[C@H](C2CCNCC2)C2CC(O)C2)[nH]1. The van der Waals surface area contributed by atoms with Crippen LogP contribution in [0.4, 0.5) is 0 Å². The fraction of sp³-hybridized carbons (Fsp3) is 0.706. The third-order valence-corrected chi connectivity index (χ3v) is 5.22. The quantitative estimate of drug-likeness (QED) is 0.665. The Morgan fingerprint density at radius 2 is 2.05 bits per heavy atom. The van der Waals surface area contributed by atoms with Gasteiger partial charge in [0, 0.05) is 11.7 Å². The van der Waals surface area contributed by atoms with Crippen LogP contribution in [0.3, 0.4) is 0 Å². The summed E-state index contributed by atoms with van der Waals surface area (Å²) in [5.74, 6) is 0.926. The maximum absolute atomic E-state index is 12.5. The second kappa shape index (κ2) is 6.84. The zero-order valence-electron chi connectivity index (χ0n) is 13.3. The van der Waals surface area contributed by atoms with Crippen LogP contribution < -0.4 is 10.6 Å². The van der Waals surface area contributed by atoms with Crippen LogP contribution >= 0.6 is 0 Å². The Hall–Kier alpha value is -1.33. The highest BCUT2D eigenvalue weighted by molar-refractivity contribution is 5.92. The van der Waals surface area contributed by atoms with Crippen LogP contribution in [0.15, 0.2) is 12.1 Å². The van der Waals surface area contributed by atoms with Crippen molar-refractivity contribution in [3.8, 4) is 0 Å². The minimum atomic E-state index is -0.178. The molecule has 1 aliphatic heterocycles. The molecule has 0 radical (unpaired) electrons. The topological polar surface area (TPSA) is 77.2 Å². The number of nitrogens with one attached hydrogen (secondary N) is 3. The van der Waals surface area contributed by atoms with Crippen molar-refractivity contribution < 1.29 is 9.90 Å². The van der Waals surface area contributed by atoms with Crippen molar-refractivity contribution in [3.63, 3.8) is 0 Å². The van der Waals surface area contributed by atoms with E-state index >= 15 is 0 Å². The molecule has 122 valence electrons. The normalized spacial score (nSPS) is 27.2. The zero-order chi connectivity index (χ0) is 15.5. The van der Waals surface area contributed by atoms with Crippen molar-refractivity contribution in [3.05, 3.63) is 23.5 Å². The number of amides is 1. The Bertz CT molecular complexity index is 502. The minimum absolute atomic E-state index is 0.00961. The molecular formula is C17H27N3O2. The van der Waals surface area contributed by atoms with Crippen molar-refractivity contribution in [2.75, 3.05) is 13.1 Å². The smallest absolute Gasteiger partial charge is 0.267 e. The zero-order valence-corrected chi connectivity index (χ0v) is 13.3. The molecule has 2 heterocycles. The van der Waals surface area contributed by atoms with E-state index < -0.39 is 0 Å². The van der Waals surface area contributed by atoms with Crippen molar-refractivity contribution in [2.45, 2.75) is 51.2 Å². The summed E-state index contributed by atoms with van der Waals surface area (Å²) in [5, 5.41) is 16.3. The summed E-state index contributed by atoms with van der Waals surface area (Å²) in [4.78, 5) is 15.7. The standard InChI is InChI=1S/C17H27N3O2/c1-2-13-3-4-15(19-13)17(22)20-16(12-9-14(21)10-12)11-5-7-18-8-6-11/h3-4,11-12,14,16,18-19,21H,2,5-10H2,1H3,(H,20,22)/t12?,14?,16-/m1/s1. The number of rotatable bonds is 5. The van der Waals surface area contributed by atoms with Crippen molar-refractivity contribution in [1.29, 1.82) is 0 Å². The van der Waals surface area contributed by atoms with Crippen LogP contribution in [0.2, 0.25) is 0 Å². The molecule has 0 spiro atoms. The van der Waals surface area contributed by atoms with E-state index in [1.165, 1.54) is 0 Å². The number of hydrogen-bond donors (Lipinski definition) is 4. The number of aliphatic hydroxyl groups excluding tert-OH is 1. The lowest BCUT2D eigenvalue weighted by molar-refractivity contribution is 0.00914. The lowest BCUT2D eigenvalue weighted by atomic mass is 9.71. The first-order valence-electron chi connectivity index (χ1n) is 8.55. The first-order chi connectivity index (χ1) is 10.7. The van der Waals surface area contributed by atoms with Crippen LogP contribution in [0, 0.1) is 11.8 Å². The van der Waals surface area contributed by atoms with E-state index in [9.17, 15) is 9.90 Å². The number of hydrogen-bond acceptors (Lipinski definition) is 3.